The van der Waals surface area contributed by atoms with Crippen molar-refractivity contribution in [2.24, 2.45) is 5.92 Å². The van der Waals surface area contributed by atoms with Gasteiger partial charge in [0.1, 0.15) is 23.2 Å². The lowest BCUT2D eigenvalue weighted by molar-refractivity contribution is -0.141. The molecule has 3 fully saturated rings. The first kappa shape index (κ1) is 41.8. The van der Waals surface area contributed by atoms with Gasteiger partial charge in [0.2, 0.25) is 11.8 Å². The lowest BCUT2D eigenvalue weighted by atomic mass is 9.86. The number of ether oxygens (including phenoxy) is 2. The molecule has 1 atom stereocenters. The minimum absolute atomic E-state index is 0.0725. The summed E-state index contributed by atoms with van der Waals surface area (Å²) in [5.74, 6) is -1.99. The third-order valence-corrected chi connectivity index (χ3v) is 12.1. The van der Waals surface area contributed by atoms with E-state index in [1.807, 2.05) is 10.9 Å². The molecular formula is C43H47F3N8O7. The zero-order chi connectivity index (χ0) is 43.0. The second-order valence-corrected chi connectivity index (χ2v) is 16.4. The van der Waals surface area contributed by atoms with Crippen LogP contribution in [0.1, 0.15) is 101 Å². The molecular weight excluding hydrogens is 798 g/mol. The molecule has 61 heavy (non-hydrogen) atoms. The Morgan fingerprint density at radius 2 is 1.75 bits per heavy atom. The SMILES string of the molecule is COc1cc2nn([C@H]3CC[C@H](CN(C)CCCO[C@H]4C[C@H](Nc5ccc6c(c5)C(=O)N(C5CCC(=O)NC5=O)C6=O)C4)CC3)cc2cc1NC(=O)c1cccc(C(F)(F)F)n1. The number of methoxy groups -OCH3 is 1. The van der Waals surface area contributed by atoms with Crippen molar-refractivity contribution in [3.05, 3.63) is 77.2 Å². The molecule has 4 heterocycles. The standard InChI is InChI=1S/C43H47F3N8O7/c1-52(15-4-16-61-29-18-27(19-29)47-26-9-12-30-31(20-26)42(59)54(41(30)58)35-13-14-38(55)50-40(35)57)22-24-7-10-28(11-8-24)53-23-25-17-34(36(60-2)21-33(25)51-53)49-39(56)32-5-3-6-37(48-32)43(44,45)46/h3,5-6,9,12,17,20-21,23-24,27-29,35,47H,4,7-8,10-11,13-16,18-19,22H2,1-2H3,(H,49,56)(H,50,55,57)/t24-,27-,28-,29-,35?. The molecule has 2 aliphatic heterocycles. The summed E-state index contributed by atoms with van der Waals surface area (Å²) in [5.41, 5.74) is 0.704. The molecule has 1 unspecified atom stereocenters. The van der Waals surface area contributed by atoms with Crippen LogP contribution in [0.25, 0.3) is 10.9 Å². The Morgan fingerprint density at radius 1 is 0.984 bits per heavy atom. The summed E-state index contributed by atoms with van der Waals surface area (Å²) in [6.45, 7) is 2.57. The van der Waals surface area contributed by atoms with Gasteiger partial charge in [-0.3, -0.25) is 38.9 Å². The number of rotatable bonds is 14. The number of nitrogens with zero attached hydrogens (tertiary/aromatic N) is 5. The number of pyridine rings is 1. The summed E-state index contributed by atoms with van der Waals surface area (Å²) in [5, 5.41) is 13.9. The monoisotopic (exact) mass is 844 g/mol. The topological polar surface area (TPSA) is 177 Å². The normalized spacial score (nSPS) is 22.9. The van der Waals surface area contributed by atoms with Crippen LogP contribution in [0.5, 0.6) is 5.75 Å². The molecule has 2 aliphatic carbocycles. The van der Waals surface area contributed by atoms with Gasteiger partial charge in [-0.2, -0.15) is 18.3 Å². The maximum atomic E-state index is 13.2. The van der Waals surface area contributed by atoms with Crippen LogP contribution in [0.3, 0.4) is 0 Å². The highest BCUT2D eigenvalue weighted by molar-refractivity contribution is 6.23. The fourth-order valence-electron chi connectivity index (χ4n) is 8.76. The highest BCUT2D eigenvalue weighted by Crippen LogP contribution is 2.37. The van der Waals surface area contributed by atoms with Crippen LogP contribution in [-0.2, 0) is 20.5 Å². The molecule has 1 saturated heterocycles. The van der Waals surface area contributed by atoms with Crippen LogP contribution in [0.15, 0.2) is 54.7 Å². The second kappa shape index (κ2) is 17.2. The van der Waals surface area contributed by atoms with E-state index in [1.54, 1.807) is 30.3 Å². The molecule has 15 nitrogen and oxygen atoms in total. The number of carbonyl (C=O) groups is 5. The molecule has 322 valence electrons. The summed E-state index contributed by atoms with van der Waals surface area (Å²) in [6, 6.07) is 11.0. The molecule has 0 bridgehead atoms. The van der Waals surface area contributed by atoms with Gasteiger partial charge in [0, 0.05) is 55.5 Å². The van der Waals surface area contributed by atoms with E-state index in [2.05, 4.69) is 32.9 Å². The van der Waals surface area contributed by atoms with Gasteiger partial charge in [-0.15, -0.1) is 0 Å². The van der Waals surface area contributed by atoms with Crippen LogP contribution < -0.4 is 20.7 Å². The van der Waals surface area contributed by atoms with Crippen LogP contribution >= 0.6 is 0 Å². The molecule has 0 spiro atoms. The van der Waals surface area contributed by atoms with Gasteiger partial charge in [0.15, 0.2) is 0 Å². The quantitative estimate of drug-likeness (QED) is 0.103. The maximum absolute atomic E-state index is 13.2. The molecule has 0 radical (unpaired) electrons. The van der Waals surface area contributed by atoms with Gasteiger partial charge in [0.05, 0.1) is 41.6 Å². The van der Waals surface area contributed by atoms with Crippen LogP contribution in [0.2, 0.25) is 0 Å². The molecule has 2 aromatic heterocycles. The number of fused-ring (bicyclic) bond motifs is 2. The number of piperidine rings is 1. The molecule has 8 rings (SSSR count). The number of benzene rings is 2. The Kier molecular flexibility index (Phi) is 11.8. The van der Waals surface area contributed by atoms with Crippen molar-refractivity contribution in [1.29, 1.82) is 0 Å². The van der Waals surface area contributed by atoms with Crippen molar-refractivity contribution in [3.63, 3.8) is 0 Å². The summed E-state index contributed by atoms with van der Waals surface area (Å²) >= 11 is 0. The number of nitrogens with one attached hydrogen (secondary N) is 3. The van der Waals surface area contributed by atoms with Crippen LogP contribution in [0, 0.1) is 5.92 Å². The summed E-state index contributed by atoms with van der Waals surface area (Å²) < 4.78 is 53.1. The van der Waals surface area contributed by atoms with E-state index in [9.17, 15) is 37.1 Å². The van der Waals surface area contributed by atoms with E-state index in [-0.39, 0.29) is 47.9 Å². The first-order chi connectivity index (χ1) is 29.2. The number of aromatic nitrogens is 3. The number of hydrogen-bond acceptors (Lipinski definition) is 11. The van der Waals surface area contributed by atoms with E-state index >= 15 is 0 Å². The Balaban J connectivity index is 0.738. The first-order valence-corrected chi connectivity index (χ1v) is 20.6. The molecule has 18 heteroatoms. The maximum Gasteiger partial charge on any atom is 0.433 e. The van der Waals surface area contributed by atoms with Crippen LogP contribution in [-0.4, -0.2) is 106 Å². The van der Waals surface area contributed by atoms with Crippen molar-refractivity contribution in [2.45, 2.75) is 88.2 Å². The van der Waals surface area contributed by atoms with E-state index < -0.39 is 47.4 Å². The van der Waals surface area contributed by atoms with Crippen molar-refractivity contribution < 1.29 is 46.6 Å². The first-order valence-electron chi connectivity index (χ1n) is 20.6. The molecule has 2 saturated carbocycles. The second-order valence-electron chi connectivity index (χ2n) is 16.4. The van der Waals surface area contributed by atoms with E-state index in [0.717, 1.165) is 86.1 Å². The molecule has 4 aromatic rings. The fraction of sp³-hybridized carbons (Fsp3) is 0.465. The number of imide groups is 2. The Bertz CT molecular complexity index is 2360. The largest absolute Gasteiger partial charge is 0.494 e. The third-order valence-electron chi connectivity index (χ3n) is 12.1. The highest BCUT2D eigenvalue weighted by Gasteiger charge is 2.45. The third kappa shape index (κ3) is 9.10. The Labute approximate surface area is 349 Å². The van der Waals surface area contributed by atoms with E-state index in [4.69, 9.17) is 14.6 Å². The van der Waals surface area contributed by atoms with Crippen LogP contribution in [0.4, 0.5) is 24.5 Å². The van der Waals surface area contributed by atoms with Gasteiger partial charge in [0.25, 0.3) is 17.7 Å². The summed E-state index contributed by atoms with van der Waals surface area (Å²) in [6.07, 6.45) is 4.19. The Morgan fingerprint density at radius 3 is 2.49 bits per heavy atom. The fourth-order valence-corrected chi connectivity index (χ4v) is 8.76. The highest BCUT2D eigenvalue weighted by atomic mass is 19.4. The summed E-state index contributed by atoms with van der Waals surface area (Å²) in [4.78, 5) is 69.7. The minimum Gasteiger partial charge on any atom is -0.494 e. The number of carbonyl (C=O) groups excluding carboxylic acids is 5. The molecule has 4 aliphatic rings. The lowest BCUT2D eigenvalue weighted by Gasteiger charge is -2.36. The average Bonchev–Trinajstić information content (AvgIpc) is 3.74. The van der Waals surface area contributed by atoms with Gasteiger partial charge < -0.3 is 25.0 Å². The number of amides is 5. The summed E-state index contributed by atoms with van der Waals surface area (Å²) in [7, 11) is 3.59. The van der Waals surface area contributed by atoms with Gasteiger partial charge in [-0.25, -0.2) is 4.98 Å². The van der Waals surface area contributed by atoms with Crippen molar-refractivity contribution in [3.8, 4) is 5.75 Å². The predicted octanol–water partition coefficient (Wildman–Crippen LogP) is 5.83. The average molecular weight is 845 g/mol. The number of halogens is 3. The lowest BCUT2D eigenvalue weighted by Crippen LogP contribution is -2.54. The van der Waals surface area contributed by atoms with Crippen molar-refractivity contribution in [2.75, 3.05) is 44.5 Å². The minimum atomic E-state index is -4.67. The van der Waals surface area contributed by atoms with Gasteiger partial charge >= 0.3 is 6.18 Å². The van der Waals surface area contributed by atoms with Gasteiger partial charge in [-0.05, 0) is 101 Å². The number of hydrogen-bond donors (Lipinski definition) is 3. The zero-order valence-corrected chi connectivity index (χ0v) is 33.8. The number of alkyl halides is 3. The molecule has 5 amide bonds. The van der Waals surface area contributed by atoms with Gasteiger partial charge in [-0.1, -0.05) is 6.07 Å². The predicted molar refractivity (Wildman–Crippen MR) is 216 cm³/mol. The van der Waals surface area contributed by atoms with Crippen molar-refractivity contribution >= 4 is 51.8 Å². The van der Waals surface area contributed by atoms with Crippen molar-refractivity contribution in [1.82, 2.24) is 29.9 Å². The Hall–Kier alpha value is -5.88. The van der Waals surface area contributed by atoms with E-state index in [1.165, 1.54) is 13.2 Å². The molecule has 3 N–H and O–H groups in total. The number of anilines is 2. The molecule has 2 aromatic carbocycles. The van der Waals surface area contributed by atoms with E-state index in [0.29, 0.717) is 29.5 Å². The zero-order valence-electron chi connectivity index (χ0n) is 33.8. The smallest absolute Gasteiger partial charge is 0.433 e.